The molecule has 9 heteroatoms. The minimum absolute atomic E-state index is 0.0191. The first kappa shape index (κ1) is 18.9. The van der Waals surface area contributed by atoms with Gasteiger partial charge in [-0.3, -0.25) is 4.79 Å². The number of urea groups is 1. The highest BCUT2D eigenvalue weighted by atomic mass is 32.2. The second-order valence-corrected chi connectivity index (χ2v) is 6.70. The molecule has 0 bridgehead atoms. The third kappa shape index (κ3) is 6.66. The summed E-state index contributed by atoms with van der Waals surface area (Å²) in [6, 6.07) is 5.02. The van der Waals surface area contributed by atoms with Gasteiger partial charge in [0.15, 0.2) is 0 Å². The molecule has 0 aliphatic carbocycles. The molecule has 1 aromatic carbocycles. The van der Waals surface area contributed by atoms with Gasteiger partial charge in [-0.25, -0.2) is 17.9 Å². The molecule has 0 aromatic heterocycles. The average Bonchev–Trinajstić information content (AvgIpc) is 2.46. The van der Waals surface area contributed by atoms with E-state index in [1.54, 1.807) is 13.0 Å². The van der Waals surface area contributed by atoms with Gasteiger partial charge < -0.3 is 15.7 Å². The van der Waals surface area contributed by atoms with E-state index in [2.05, 4.69) is 15.4 Å². The first-order valence-corrected chi connectivity index (χ1v) is 8.62. The first-order valence-electron chi connectivity index (χ1n) is 7.13. The quantitative estimate of drug-likeness (QED) is 0.567. The maximum absolute atomic E-state index is 12.2. The van der Waals surface area contributed by atoms with Crippen LogP contribution in [0.4, 0.5) is 10.5 Å². The van der Waals surface area contributed by atoms with Gasteiger partial charge in [0, 0.05) is 18.3 Å². The molecule has 1 unspecified atom stereocenters. The molecule has 0 saturated carbocycles. The van der Waals surface area contributed by atoms with E-state index >= 15 is 0 Å². The molecule has 0 spiro atoms. The van der Waals surface area contributed by atoms with Crippen molar-refractivity contribution in [3.05, 3.63) is 24.3 Å². The van der Waals surface area contributed by atoms with E-state index in [1.807, 2.05) is 6.92 Å². The standard InChI is InChI=1S/C14H21N3O5S/c1-3-10(2)17-23(21,22)12-6-4-5-11(9-12)16-14(20)15-8-7-13(18)19/h4-6,9-10,17H,3,7-8H2,1-2H3,(H,18,19)(H2,15,16,20). The van der Waals surface area contributed by atoms with E-state index in [-0.39, 0.29) is 23.9 Å². The summed E-state index contributed by atoms with van der Waals surface area (Å²) in [5, 5.41) is 13.3. The van der Waals surface area contributed by atoms with Crippen molar-refractivity contribution >= 4 is 27.7 Å². The predicted molar refractivity (Wildman–Crippen MR) is 85.8 cm³/mol. The minimum atomic E-state index is -3.66. The molecule has 23 heavy (non-hydrogen) atoms. The molecule has 0 radical (unpaired) electrons. The number of carbonyl (C=O) groups is 2. The predicted octanol–water partition coefficient (Wildman–Crippen LogP) is 1.36. The summed E-state index contributed by atoms with van der Waals surface area (Å²) < 4.78 is 26.9. The second kappa shape index (κ2) is 8.49. The molecule has 1 atom stereocenters. The number of hydrogen-bond donors (Lipinski definition) is 4. The highest BCUT2D eigenvalue weighted by Gasteiger charge is 2.17. The van der Waals surface area contributed by atoms with Gasteiger partial charge in [-0.1, -0.05) is 13.0 Å². The van der Waals surface area contributed by atoms with Crippen LogP contribution in [-0.4, -0.2) is 38.1 Å². The van der Waals surface area contributed by atoms with Gasteiger partial charge in [-0.2, -0.15) is 0 Å². The third-order valence-electron chi connectivity index (χ3n) is 3.00. The van der Waals surface area contributed by atoms with Crippen LogP contribution < -0.4 is 15.4 Å². The lowest BCUT2D eigenvalue weighted by molar-refractivity contribution is -0.136. The van der Waals surface area contributed by atoms with Gasteiger partial charge in [0.05, 0.1) is 11.3 Å². The van der Waals surface area contributed by atoms with Crippen LogP contribution in [0.1, 0.15) is 26.7 Å². The molecule has 0 aliphatic heterocycles. The second-order valence-electron chi connectivity index (χ2n) is 4.98. The molecule has 2 amide bonds. The zero-order valence-corrected chi connectivity index (χ0v) is 13.8. The molecule has 1 aromatic rings. The maximum atomic E-state index is 12.2. The monoisotopic (exact) mass is 343 g/mol. The Morgan fingerprint density at radius 1 is 1.30 bits per heavy atom. The van der Waals surface area contributed by atoms with E-state index < -0.39 is 22.0 Å². The van der Waals surface area contributed by atoms with E-state index in [9.17, 15) is 18.0 Å². The number of nitrogens with one attached hydrogen (secondary N) is 3. The number of carboxylic acids is 1. The SMILES string of the molecule is CCC(C)NS(=O)(=O)c1cccc(NC(=O)NCCC(=O)O)c1. The molecule has 0 heterocycles. The van der Waals surface area contributed by atoms with Gasteiger partial charge in [0.25, 0.3) is 0 Å². The Kier molecular flexibility index (Phi) is 6.98. The van der Waals surface area contributed by atoms with Crippen molar-refractivity contribution in [2.24, 2.45) is 0 Å². The van der Waals surface area contributed by atoms with Crippen LogP contribution in [0.5, 0.6) is 0 Å². The highest BCUT2D eigenvalue weighted by molar-refractivity contribution is 7.89. The summed E-state index contributed by atoms with van der Waals surface area (Å²) in [7, 11) is -3.66. The number of rotatable bonds is 8. The normalized spacial score (nSPS) is 12.4. The molecular formula is C14H21N3O5S. The zero-order valence-electron chi connectivity index (χ0n) is 13.0. The van der Waals surface area contributed by atoms with Crippen LogP contribution in [0, 0.1) is 0 Å². The van der Waals surface area contributed by atoms with Crippen LogP contribution in [0.25, 0.3) is 0 Å². The number of hydrogen-bond acceptors (Lipinski definition) is 4. The minimum Gasteiger partial charge on any atom is -0.481 e. The summed E-state index contributed by atoms with van der Waals surface area (Å²) in [5.74, 6) is -1.02. The Bertz CT molecular complexity index is 660. The third-order valence-corrected chi connectivity index (χ3v) is 4.58. The lowest BCUT2D eigenvalue weighted by atomic mass is 10.3. The Labute approximate surface area is 135 Å². The van der Waals surface area contributed by atoms with Crippen molar-refractivity contribution in [3.8, 4) is 0 Å². The van der Waals surface area contributed by atoms with Crippen molar-refractivity contribution in [2.75, 3.05) is 11.9 Å². The molecule has 4 N–H and O–H groups in total. The van der Waals surface area contributed by atoms with Crippen molar-refractivity contribution in [1.82, 2.24) is 10.0 Å². The van der Waals surface area contributed by atoms with Gasteiger partial charge in [-0.05, 0) is 31.5 Å². The lowest BCUT2D eigenvalue weighted by Gasteiger charge is -2.13. The fourth-order valence-corrected chi connectivity index (χ4v) is 2.99. The molecule has 128 valence electrons. The Hall–Kier alpha value is -2.13. The fourth-order valence-electron chi connectivity index (χ4n) is 1.62. The van der Waals surface area contributed by atoms with E-state index in [4.69, 9.17) is 5.11 Å². The average molecular weight is 343 g/mol. The molecule has 0 aliphatic rings. The van der Waals surface area contributed by atoms with Gasteiger partial charge in [-0.15, -0.1) is 0 Å². The summed E-state index contributed by atoms with van der Waals surface area (Å²) in [6.07, 6.45) is 0.462. The molecule has 0 fully saturated rings. The number of benzene rings is 1. The van der Waals surface area contributed by atoms with Crippen LogP contribution in [0.3, 0.4) is 0 Å². The number of amides is 2. The first-order chi connectivity index (χ1) is 10.7. The van der Waals surface area contributed by atoms with Gasteiger partial charge in [0.1, 0.15) is 0 Å². The number of carboxylic acid groups (broad SMARTS) is 1. The Morgan fingerprint density at radius 3 is 2.61 bits per heavy atom. The summed E-state index contributed by atoms with van der Waals surface area (Å²) >= 11 is 0. The van der Waals surface area contributed by atoms with E-state index in [0.29, 0.717) is 12.1 Å². The van der Waals surface area contributed by atoms with Gasteiger partial charge in [0.2, 0.25) is 10.0 Å². The zero-order chi connectivity index (χ0) is 17.5. The van der Waals surface area contributed by atoms with Crippen molar-refractivity contribution in [2.45, 2.75) is 37.6 Å². The largest absolute Gasteiger partial charge is 0.481 e. The Balaban J connectivity index is 2.73. The van der Waals surface area contributed by atoms with Crippen LogP contribution in [0.2, 0.25) is 0 Å². The van der Waals surface area contributed by atoms with Crippen molar-refractivity contribution in [3.63, 3.8) is 0 Å². The molecule has 8 nitrogen and oxygen atoms in total. The molecule has 1 rings (SSSR count). The summed E-state index contributed by atoms with van der Waals surface area (Å²) in [6.45, 7) is 3.61. The van der Waals surface area contributed by atoms with Crippen LogP contribution in [0.15, 0.2) is 29.2 Å². The fraction of sp³-hybridized carbons (Fsp3) is 0.429. The Morgan fingerprint density at radius 2 is 2.00 bits per heavy atom. The highest BCUT2D eigenvalue weighted by Crippen LogP contribution is 2.16. The smallest absolute Gasteiger partial charge is 0.319 e. The van der Waals surface area contributed by atoms with Crippen LogP contribution >= 0.6 is 0 Å². The van der Waals surface area contributed by atoms with E-state index in [1.165, 1.54) is 18.2 Å². The van der Waals surface area contributed by atoms with Gasteiger partial charge >= 0.3 is 12.0 Å². The number of carbonyl (C=O) groups excluding carboxylic acids is 1. The maximum Gasteiger partial charge on any atom is 0.319 e. The molecular weight excluding hydrogens is 322 g/mol. The van der Waals surface area contributed by atoms with Crippen molar-refractivity contribution < 1.29 is 23.1 Å². The number of sulfonamides is 1. The van der Waals surface area contributed by atoms with Crippen molar-refractivity contribution in [1.29, 1.82) is 0 Å². The van der Waals surface area contributed by atoms with Crippen LogP contribution in [-0.2, 0) is 14.8 Å². The van der Waals surface area contributed by atoms with E-state index in [0.717, 1.165) is 0 Å². The summed E-state index contributed by atoms with van der Waals surface area (Å²) in [4.78, 5) is 22.0. The topological polar surface area (TPSA) is 125 Å². The summed E-state index contributed by atoms with van der Waals surface area (Å²) in [5.41, 5.74) is 0.296. The molecule has 0 saturated heterocycles. The number of aliphatic carboxylic acids is 1. The number of anilines is 1. The lowest BCUT2D eigenvalue weighted by Crippen LogP contribution is -2.32.